The second-order valence-electron chi connectivity index (χ2n) is 5.94. The van der Waals surface area contributed by atoms with Crippen molar-refractivity contribution >= 4 is 35.0 Å². The Balaban J connectivity index is 1.72. The average molecular weight is 387 g/mol. The number of aryl methyl sites for hydroxylation is 1. The van der Waals surface area contributed by atoms with Crippen LogP contribution in [0.4, 0.5) is 5.69 Å². The predicted octanol–water partition coefficient (Wildman–Crippen LogP) is 4.56. The Hall–Kier alpha value is -2.31. The molecule has 0 spiro atoms. The minimum Gasteiger partial charge on any atom is -0.325 e. The molecule has 1 aromatic heterocycles. The number of carbonyl (C=O) groups is 1. The summed E-state index contributed by atoms with van der Waals surface area (Å²) in [5.74, 6) is 0.663. The van der Waals surface area contributed by atoms with Crippen molar-refractivity contribution in [2.75, 3.05) is 5.32 Å². The predicted molar refractivity (Wildman–Crippen MR) is 107 cm³/mol. The summed E-state index contributed by atoms with van der Waals surface area (Å²) in [6, 6.07) is 15.3. The maximum Gasteiger partial charge on any atom is 0.237 e. The largest absolute Gasteiger partial charge is 0.325 e. The first-order chi connectivity index (χ1) is 12.5. The third kappa shape index (κ3) is 4.08. The maximum absolute atomic E-state index is 12.5. The van der Waals surface area contributed by atoms with E-state index in [1.807, 2.05) is 61.9 Å². The molecule has 26 heavy (non-hydrogen) atoms. The molecular formula is C19H19ClN4OS. The van der Waals surface area contributed by atoms with E-state index in [-0.39, 0.29) is 11.2 Å². The molecular weight excluding hydrogens is 368 g/mol. The van der Waals surface area contributed by atoms with Gasteiger partial charge in [-0.25, -0.2) is 0 Å². The number of thioether (sulfide) groups is 1. The molecule has 0 saturated carbocycles. The minimum atomic E-state index is -0.333. The number of aromatic nitrogens is 3. The van der Waals surface area contributed by atoms with Crippen LogP contribution in [-0.4, -0.2) is 25.9 Å². The molecule has 1 amide bonds. The fourth-order valence-electron chi connectivity index (χ4n) is 2.43. The van der Waals surface area contributed by atoms with Crippen LogP contribution in [0.15, 0.2) is 53.7 Å². The van der Waals surface area contributed by atoms with Crippen molar-refractivity contribution in [3.8, 4) is 11.4 Å². The van der Waals surface area contributed by atoms with Crippen molar-refractivity contribution in [3.63, 3.8) is 0 Å². The maximum atomic E-state index is 12.5. The van der Waals surface area contributed by atoms with Crippen molar-refractivity contribution < 1.29 is 4.79 Å². The van der Waals surface area contributed by atoms with Crippen molar-refractivity contribution in [1.82, 2.24) is 14.8 Å². The zero-order chi connectivity index (χ0) is 18.7. The third-order valence-electron chi connectivity index (χ3n) is 3.98. The molecule has 0 aliphatic heterocycles. The van der Waals surface area contributed by atoms with Gasteiger partial charge in [0.05, 0.1) is 5.25 Å². The van der Waals surface area contributed by atoms with E-state index in [2.05, 4.69) is 15.5 Å². The Morgan fingerprint density at radius 2 is 1.92 bits per heavy atom. The zero-order valence-electron chi connectivity index (χ0n) is 14.7. The highest BCUT2D eigenvalue weighted by Gasteiger charge is 2.20. The molecule has 0 radical (unpaired) electrons. The average Bonchev–Trinajstić information content (AvgIpc) is 2.99. The smallest absolute Gasteiger partial charge is 0.237 e. The lowest BCUT2D eigenvalue weighted by Crippen LogP contribution is -2.23. The topological polar surface area (TPSA) is 59.8 Å². The van der Waals surface area contributed by atoms with Gasteiger partial charge >= 0.3 is 0 Å². The molecule has 0 fully saturated rings. The van der Waals surface area contributed by atoms with E-state index in [1.165, 1.54) is 11.8 Å². The van der Waals surface area contributed by atoms with Crippen LogP contribution in [0.1, 0.15) is 12.5 Å². The fourth-order valence-corrected chi connectivity index (χ4v) is 3.42. The van der Waals surface area contributed by atoms with Gasteiger partial charge in [0.15, 0.2) is 11.0 Å². The Kier molecular flexibility index (Phi) is 5.64. The first kappa shape index (κ1) is 18.5. The molecule has 3 rings (SSSR count). The van der Waals surface area contributed by atoms with Crippen LogP contribution in [0.3, 0.4) is 0 Å². The molecule has 1 heterocycles. The first-order valence-corrected chi connectivity index (χ1v) is 9.40. The standard InChI is InChI=1S/C19H19ClN4OS/c1-12-9-10-15(20)11-16(12)21-18(25)13(2)26-19-23-22-17(24(19)3)14-7-5-4-6-8-14/h4-11,13H,1-3H3,(H,21,25)/t13-/m1/s1. The highest BCUT2D eigenvalue weighted by molar-refractivity contribution is 8.00. The lowest BCUT2D eigenvalue weighted by molar-refractivity contribution is -0.115. The van der Waals surface area contributed by atoms with E-state index in [1.54, 1.807) is 12.1 Å². The fraction of sp³-hybridized carbons (Fsp3) is 0.211. The van der Waals surface area contributed by atoms with Crippen molar-refractivity contribution in [2.45, 2.75) is 24.3 Å². The Bertz CT molecular complexity index is 927. The van der Waals surface area contributed by atoms with Gasteiger partial charge in [-0.1, -0.05) is 59.8 Å². The number of hydrogen-bond acceptors (Lipinski definition) is 4. The molecule has 0 aliphatic rings. The second kappa shape index (κ2) is 7.93. The molecule has 0 unspecified atom stereocenters. The van der Waals surface area contributed by atoms with Gasteiger partial charge in [-0.05, 0) is 31.5 Å². The number of carbonyl (C=O) groups excluding carboxylic acids is 1. The summed E-state index contributed by atoms with van der Waals surface area (Å²) in [7, 11) is 1.90. The first-order valence-electron chi connectivity index (χ1n) is 8.14. The molecule has 1 N–H and O–H groups in total. The van der Waals surface area contributed by atoms with E-state index < -0.39 is 0 Å². The molecule has 3 aromatic rings. The number of nitrogens with zero attached hydrogens (tertiary/aromatic N) is 3. The molecule has 0 saturated heterocycles. The number of hydrogen-bond donors (Lipinski definition) is 1. The van der Waals surface area contributed by atoms with Crippen molar-refractivity contribution in [2.24, 2.45) is 7.05 Å². The normalized spacial score (nSPS) is 12.0. The van der Waals surface area contributed by atoms with E-state index in [9.17, 15) is 4.79 Å². The lowest BCUT2D eigenvalue weighted by Gasteiger charge is -2.13. The molecule has 0 bridgehead atoms. The summed E-state index contributed by atoms with van der Waals surface area (Å²) < 4.78 is 1.90. The van der Waals surface area contributed by atoms with Gasteiger partial charge in [-0.3, -0.25) is 4.79 Å². The van der Waals surface area contributed by atoms with Gasteiger partial charge in [0.2, 0.25) is 5.91 Å². The zero-order valence-corrected chi connectivity index (χ0v) is 16.3. The third-order valence-corrected chi connectivity index (χ3v) is 5.34. The molecule has 7 heteroatoms. The van der Waals surface area contributed by atoms with Crippen LogP contribution >= 0.6 is 23.4 Å². The molecule has 2 aromatic carbocycles. The SMILES string of the molecule is Cc1ccc(Cl)cc1NC(=O)[C@@H](C)Sc1nnc(-c2ccccc2)n1C. The van der Waals surface area contributed by atoms with Gasteiger partial charge in [-0.2, -0.15) is 0 Å². The van der Waals surface area contributed by atoms with Gasteiger partial charge in [0, 0.05) is 23.3 Å². The summed E-state index contributed by atoms with van der Waals surface area (Å²) in [6.45, 7) is 3.77. The number of benzene rings is 2. The second-order valence-corrected chi connectivity index (χ2v) is 7.68. The summed E-state index contributed by atoms with van der Waals surface area (Å²) in [5.41, 5.74) is 2.67. The monoisotopic (exact) mass is 386 g/mol. The summed E-state index contributed by atoms with van der Waals surface area (Å²) in [4.78, 5) is 12.5. The summed E-state index contributed by atoms with van der Waals surface area (Å²) in [5, 5.41) is 12.4. The van der Waals surface area contributed by atoms with Gasteiger partial charge in [-0.15, -0.1) is 10.2 Å². The van der Waals surface area contributed by atoms with Crippen LogP contribution < -0.4 is 5.32 Å². The van der Waals surface area contributed by atoms with Crippen LogP contribution in [0.2, 0.25) is 5.02 Å². The number of amides is 1. The highest BCUT2D eigenvalue weighted by atomic mass is 35.5. The van der Waals surface area contributed by atoms with Gasteiger partial charge < -0.3 is 9.88 Å². The van der Waals surface area contributed by atoms with Crippen molar-refractivity contribution in [1.29, 1.82) is 0 Å². The molecule has 5 nitrogen and oxygen atoms in total. The van der Waals surface area contributed by atoms with Gasteiger partial charge in [0.25, 0.3) is 0 Å². The quantitative estimate of drug-likeness (QED) is 0.653. The van der Waals surface area contributed by atoms with Crippen molar-refractivity contribution in [3.05, 3.63) is 59.1 Å². The highest BCUT2D eigenvalue weighted by Crippen LogP contribution is 2.27. The van der Waals surface area contributed by atoms with Gasteiger partial charge in [0.1, 0.15) is 0 Å². The van der Waals surface area contributed by atoms with Crippen LogP contribution in [0, 0.1) is 6.92 Å². The summed E-state index contributed by atoms with van der Waals surface area (Å²) in [6.07, 6.45) is 0. The van der Waals surface area contributed by atoms with Crippen LogP contribution in [0.25, 0.3) is 11.4 Å². The Labute approximate surface area is 161 Å². The van der Waals surface area contributed by atoms with E-state index in [0.717, 1.165) is 22.6 Å². The molecule has 0 aliphatic carbocycles. The van der Waals surface area contributed by atoms with Crippen LogP contribution in [-0.2, 0) is 11.8 Å². The number of anilines is 1. The lowest BCUT2D eigenvalue weighted by atomic mass is 10.2. The summed E-state index contributed by atoms with van der Waals surface area (Å²) >= 11 is 7.38. The molecule has 134 valence electrons. The van der Waals surface area contributed by atoms with E-state index in [0.29, 0.717) is 10.2 Å². The minimum absolute atomic E-state index is 0.107. The number of halogens is 1. The number of nitrogens with one attached hydrogen (secondary N) is 1. The Morgan fingerprint density at radius 3 is 2.65 bits per heavy atom. The molecule has 1 atom stereocenters. The van der Waals surface area contributed by atoms with E-state index >= 15 is 0 Å². The van der Waals surface area contributed by atoms with E-state index in [4.69, 9.17) is 11.6 Å². The van der Waals surface area contributed by atoms with Crippen LogP contribution in [0.5, 0.6) is 0 Å². The number of rotatable bonds is 5. The Morgan fingerprint density at radius 1 is 1.19 bits per heavy atom.